The number of carbonyl (C=O) groups is 1. The molecule has 0 bridgehead atoms. The Morgan fingerprint density at radius 2 is 2.00 bits per heavy atom. The van der Waals surface area contributed by atoms with Gasteiger partial charge in [0.05, 0.1) is 5.69 Å². The molecule has 15 heavy (non-hydrogen) atoms. The van der Waals surface area contributed by atoms with E-state index in [1.165, 1.54) is 6.26 Å². The van der Waals surface area contributed by atoms with E-state index in [0.29, 0.717) is 5.22 Å². The molecule has 0 spiro atoms. The molecule has 0 aliphatic carbocycles. The van der Waals surface area contributed by atoms with Gasteiger partial charge >= 0.3 is 5.97 Å². The van der Waals surface area contributed by atoms with E-state index < -0.39 is 5.97 Å². The Hall–Kier alpha value is -1.76. The summed E-state index contributed by atoms with van der Waals surface area (Å²) < 4.78 is 9.95. The SMILES string of the molecule is Cc1coc(Sc2nc(C(=O)O)co2)n1. The zero-order valence-corrected chi connectivity index (χ0v) is 8.45. The average Bonchev–Trinajstić information content (AvgIpc) is 2.76. The number of rotatable bonds is 3. The fourth-order valence-electron chi connectivity index (χ4n) is 0.856. The number of aryl methyl sites for hydroxylation is 1. The van der Waals surface area contributed by atoms with Crippen LogP contribution in [0.25, 0.3) is 0 Å². The van der Waals surface area contributed by atoms with Crippen LogP contribution in [0.3, 0.4) is 0 Å². The normalized spacial score (nSPS) is 10.5. The van der Waals surface area contributed by atoms with E-state index in [0.717, 1.165) is 23.7 Å². The third kappa shape index (κ3) is 2.18. The van der Waals surface area contributed by atoms with Crippen LogP contribution in [0.4, 0.5) is 0 Å². The number of carboxylic acid groups (broad SMARTS) is 1. The molecule has 78 valence electrons. The number of hydrogen-bond donors (Lipinski definition) is 1. The first-order valence-electron chi connectivity index (χ1n) is 3.94. The van der Waals surface area contributed by atoms with Gasteiger partial charge in [-0.1, -0.05) is 0 Å². The van der Waals surface area contributed by atoms with Crippen molar-refractivity contribution in [3.8, 4) is 0 Å². The molecule has 0 saturated heterocycles. The molecule has 2 heterocycles. The highest BCUT2D eigenvalue weighted by molar-refractivity contribution is 7.98. The van der Waals surface area contributed by atoms with Gasteiger partial charge in [0.25, 0.3) is 10.4 Å². The van der Waals surface area contributed by atoms with Crippen molar-refractivity contribution in [1.29, 1.82) is 0 Å². The van der Waals surface area contributed by atoms with Crippen molar-refractivity contribution in [1.82, 2.24) is 9.97 Å². The summed E-state index contributed by atoms with van der Waals surface area (Å²) in [6, 6.07) is 0. The van der Waals surface area contributed by atoms with Crippen molar-refractivity contribution in [2.75, 3.05) is 0 Å². The maximum absolute atomic E-state index is 10.5. The second kappa shape index (κ2) is 3.77. The van der Waals surface area contributed by atoms with Crippen molar-refractivity contribution >= 4 is 17.7 Å². The lowest BCUT2D eigenvalue weighted by molar-refractivity contribution is 0.0690. The van der Waals surface area contributed by atoms with Gasteiger partial charge < -0.3 is 13.9 Å². The van der Waals surface area contributed by atoms with Gasteiger partial charge in [0.2, 0.25) is 0 Å². The Morgan fingerprint density at radius 1 is 1.33 bits per heavy atom. The highest BCUT2D eigenvalue weighted by Gasteiger charge is 2.13. The predicted molar refractivity (Wildman–Crippen MR) is 48.8 cm³/mol. The Bertz CT molecular complexity index is 490. The van der Waals surface area contributed by atoms with Crippen LogP contribution in [0, 0.1) is 6.92 Å². The molecule has 1 N–H and O–H groups in total. The van der Waals surface area contributed by atoms with Crippen molar-refractivity contribution in [2.45, 2.75) is 17.4 Å². The molecule has 6 nitrogen and oxygen atoms in total. The van der Waals surface area contributed by atoms with E-state index in [1.54, 1.807) is 6.92 Å². The highest BCUT2D eigenvalue weighted by atomic mass is 32.2. The highest BCUT2D eigenvalue weighted by Crippen LogP contribution is 2.25. The number of aromatic nitrogens is 2. The van der Waals surface area contributed by atoms with E-state index in [1.807, 2.05) is 0 Å². The Labute approximate surface area is 88.3 Å². The van der Waals surface area contributed by atoms with Crippen LogP contribution in [0.15, 0.2) is 31.8 Å². The first-order valence-corrected chi connectivity index (χ1v) is 4.75. The first kappa shape index (κ1) is 9.78. The van der Waals surface area contributed by atoms with Gasteiger partial charge in [0.15, 0.2) is 5.69 Å². The van der Waals surface area contributed by atoms with Crippen LogP contribution in [0.1, 0.15) is 16.2 Å². The Morgan fingerprint density at radius 3 is 2.53 bits per heavy atom. The van der Waals surface area contributed by atoms with Gasteiger partial charge in [0.1, 0.15) is 12.5 Å². The van der Waals surface area contributed by atoms with Gasteiger partial charge in [0, 0.05) is 11.8 Å². The molecular weight excluding hydrogens is 220 g/mol. The standard InChI is InChI=1S/C8H6N2O4S/c1-4-2-13-7(9-4)15-8-10-5(3-14-8)6(11)12/h2-3H,1H3,(H,11,12). The van der Waals surface area contributed by atoms with Crippen LogP contribution in [0.5, 0.6) is 0 Å². The number of aromatic carboxylic acids is 1. The molecule has 2 rings (SSSR count). The topological polar surface area (TPSA) is 89.4 Å². The summed E-state index contributed by atoms with van der Waals surface area (Å²) in [5.41, 5.74) is 0.600. The molecule has 2 aromatic heterocycles. The molecule has 0 amide bonds. The maximum Gasteiger partial charge on any atom is 0.357 e. The molecule has 0 saturated carbocycles. The first-order chi connectivity index (χ1) is 7.15. The fraction of sp³-hybridized carbons (Fsp3) is 0.125. The van der Waals surface area contributed by atoms with Crippen molar-refractivity contribution in [3.05, 3.63) is 23.9 Å². The van der Waals surface area contributed by atoms with Crippen LogP contribution in [-0.2, 0) is 0 Å². The average molecular weight is 226 g/mol. The quantitative estimate of drug-likeness (QED) is 0.853. The predicted octanol–water partition coefficient (Wildman–Crippen LogP) is 1.82. The molecule has 0 aromatic carbocycles. The number of oxazole rings is 2. The molecule has 0 aliphatic rings. The Balaban J connectivity index is 2.14. The minimum atomic E-state index is -1.13. The van der Waals surface area contributed by atoms with Crippen LogP contribution >= 0.6 is 11.8 Å². The number of nitrogens with zero attached hydrogens (tertiary/aromatic N) is 2. The number of hydrogen-bond acceptors (Lipinski definition) is 6. The third-order valence-corrected chi connectivity index (χ3v) is 2.20. The van der Waals surface area contributed by atoms with Gasteiger partial charge in [-0.3, -0.25) is 0 Å². The lowest BCUT2D eigenvalue weighted by atomic mass is 10.5. The van der Waals surface area contributed by atoms with Crippen LogP contribution in [-0.4, -0.2) is 21.0 Å². The maximum atomic E-state index is 10.5. The monoisotopic (exact) mass is 226 g/mol. The lowest BCUT2D eigenvalue weighted by Gasteiger charge is -1.86. The summed E-state index contributed by atoms with van der Waals surface area (Å²) in [7, 11) is 0. The van der Waals surface area contributed by atoms with E-state index in [2.05, 4.69) is 9.97 Å². The van der Waals surface area contributed by atoms with Crippen LogP contribution < -0.4 is 0 Å². The summed E-state index contributed by atoms with van der Waals surface area (Å²) in [5, 5.41) is 9.15. The number of carboxylic acids is 1. The smallest absolute Gasteiger partial charge is 0.357 e. The molecule has 0 fully saturated rings. The summed E-state index contributed by atoms with van der Waals surface area (Å²) in [4.78, 5) is 18.2. The van der Waals surface area contributed by atoms with E-state index >= 15 is 0 Å². The zero-order chi connectivity index (χ0) is 10.8. The largest absolute Gasteiger partial charge is 0.476 e. The summed E-state index contributed by atoms with van der Waals surface area (Å²) in [6.45, 7) is 1.78. The molecule has 2 aromatic rings. The van der Waals surface area contributed by atoms with E-state index in [9.17, 15) is 4.79 Å². The van der Waals surface area contributed by atoms with Crippen molar-refractivity contribution in [3.63, 3.8) is 0 Å². The summed E-state index contributed by atoms with van der Waals surface area (Å²) in [6.07, 6.45) is 2.56. The van der Waals surface area contributed by atoms with Crippen molar-refractivity contribution in [2.24, 2.45) is 0 Å². The van der Waals surface area contributed by atoms with Gasteiger partial charge in [-0.05, 0) is 6.92 Å². The molecule has 0 atom stereocenters. The van der Waals surface area contributed by atoms with E-state index in [4.69, 9.17) is 13.9 Å². The Kier molecular flexibility index (Phi) is 2.46. The van der Waals surface area contributed by atoms with Crippen molar-refractivity contribution < 1.29 is 18.7 Å². The summed E-state index contributed by atoms with van der Waals surface area (Å²) in [5.74, 6) is -1.13. The molecule has 0 aliphatic heterocycles. The molecule has 7 heteroatoms. The van der Waals surface area contributed by atoms with Gasteiger partial charge in [-0.25, -0.2) is 9.78 Å². The molecule has 0 radical (unpaired) electrons. The second-order valence-electron chi connectivity index (χ2n) is 2.66. The molecule has 0 unspecified atom stereocenters. The second-order valence-corrected chi connectivity index (χ2v) is 3.56. The van der Waals surface area contributed by atoms with E-state index in [-0.39, 0.29) is 10.9 Å². The molecular formula is C8H6N2O4S. The lowest BCUT2D eigenvalue weighted by Crippen LogP contribution is -1.95. The minimum Gasteiger partial charge on any atom is -0.476 e. The fourth-order valence-corrected chi connectivity index (χ4v) is 1.53. The van der Waals surface area contributed by atoms with Gasteiger partial charge in [-0.15, -0.1) is 0 Å². The minimum absolute atomic E-state index is 0.138. The summed E-state index contributed by atoms with van der Waals surface area (Å²) >= 11 is 1.03. The third-order valence-electron chi connectivity index (χ3n) is 1.47. The van der Waals surface area contributed by atoms with Crippen LogP contribution in [0.2, 0.25) is 0 Å². The van der Waals surface area contributed by atoms with Gasteiger partial charge in [-0.2, -0.15) is 4.98 Å². The zero-order valence-electron chi connectivity index (χ0n) is 7.63.